The first-order valence-electron chi connectivity index (χ1n) is 9.31. The van der Waals surface area contributed by atoms with E-state index in [0.29, 0.717) is 17.2 Å². The summed E-state index contributed by atoms with van der Waals surface area (Å²) < 4.78 is 16.5. The van der Waals surface area contributed by atoms with E-state index >= 15 is 0 Å². The second kappa shape index (κ2) is 9.01. The largest absolute Gasteiger partial charge is 0.497 e. The molecule has 1 aliphatic heterocycles. The Balaban J connectivity index is 2.10. The van der Waals surface area contributed by atoms with Crippen LogP contribution in [0.5, 0.6) is 17.2 Å². The third-order valence-corrected chi connectivity index (χ3v) is 4.97. The number of rotatable bonds is 6. The van der Waals surface area contributed by atoms with Gasteiger partial charge in [-0.2, -0.15) is 5.26 Å². The van der Waals surface area contributed by atoms with Crippen molar-refractivity contribution in [1.82, 2.24) is 5.32 Å². The van der Waals surface area contributed by atoms with Gasteiger partial charge in [-0.15, -0.1) is 12.6 Å². The number of anilines is 1. The Morgan fingerprint density at radius 2 is 1.80 bits per heavy atom. The third-order valence-electron chi connectivity index (χ3n) is 4.53. The first-order valence-corrected chi connectivity index (χ1v) is 9.76. The van der Waals surface area contributed by atoms with Crippen molar-refractivity contribution >= 4 is 24.2 Å². The molecule has 8 heteroatoms. The summed E-state index contributed by atoms with van der Waals surface area (Å²) in [4.78, 5) is 14.3. The van der Waals surface area contributed by atoms with E-state index in [4.69, 9.17) is 14.2 Å². The van der Waals surface area contributed by atoms with Crippen molar-refractivity contribution in [2.24, 2.45) is 0 Å². The van der Waals surface area contributed by atoms with Crippen LogP contribution in [0.1, 0.15) is 25.6 Å². The second-order valence-electron chi connectivity index (χ2n) is 6.83. The number of ether oxygens (including phenoxy) is 3. The summed E-state index contributed by atoms with van der Waals surface area (Å²) in [6.07, 6.45) is -0.613. The first-order chi connectivity index (χ1) is 14.4. The van der Waals surface area contributed by atoms with Crippen LogP contribution >= 0.6 is 12.6 Å². The molecule has 7 nitrogen and oxygen atoms in total. The normalized spacial score (nSPS) is 16.2. The molecular formula is C22H23N3O4S. The lowest BCUT2D eigenvalue weighted by Gasteiger charge is -2.38. The van der Waals surface area contributed by atoms with Gasteiger partial charge in [0.2, 0.25) is 0 Å². The van der Waals surface area contributed by atoms with Crippen LogP contribution in [0.2, 0.25) is 0 Å². The predicted octanol–water partition coefficient (Wildman–Crippen LogP) is 3.79. The minimum absolute atomic E-state index is 0.0138. The molecule has 0 radical (unpaired) electrons. The molecule has 1 aliphatic rings. The van der Waals surface area contributed by atoms with E-state index in [2.05, 4.69) is 17.9 Å². The average Bonchev–Trinajstić information content (AvgIpc) is 2.73. The monoisotopic (exact) mass is 425 g/mol. The molecule has 156 valence electrons. The topological polar surface area (TPSA) is 83.8 Å². The highest BCUT2D eigenvalue weighted by Crippen LogP contribution is 2.39. The number of carbonyl (C=O) groups excluding carboxylic acids is 1. The summed E-state index contributed by atoms with van der Waals surface area (Å²) in [5.74, 6) is 1.35. The van der Waals surface area contributed by atoms with Gasteiger partial charge in [0, 0.05) is 5.69 Å². The standard InChI is InChI=1S/C22H23N3O4S/c1-13(2)29-18-10-5-14(11-19(18)28-4)20-24-21(26)17(12-23)22(30)25(20)15-6-8-16(27-3)9-7-15/h5-11,13,20,30H,1-4H3,(H,24,26). The molecule has 0 saturated heterocycles. The molecule has 0 aromatic heterocycles. The van der Waals surface area contributed by atoms with E-state index in [9.17, 15) is 10.1 Å². The van der Waals surface area contributed by atoms with E-state index in [1.54, 1.807) is 43.4 Å². The fraction of sp³-hybridized carbons (Fsp3) is 0.273. The molecule has 1 amide bonds. The molecule has 1 heterocycles. The Hall–Kier alpha value is -3.31. The summed E-state index contributed by atoms with van der Waals surface area (Å²) in [6.45, 7) is 3.86. The fourth-order valence-electron chi connectivity index (χ4n) is 3.16. The van der Waals surface area contributed by atoms with Crippen LogP contribution in [0.25, 0.3) is 0 Å². The minimum Gasteiger partial charge on any atom is -0.497 e. The van der Waals surface area contributed by atoms with Crippen LogP contribution in [0.4, 0.5) is 5.69 Å². The lowest BCUT2D eigenvalue weighted by Crippen LogP contribution is -2.46. The number of hydrogen-bond donors (Lipinski definition) is 2. The number of amides is 1. The molecule has 1 N–H and O–H groups in total. The molecule has 0 saturated carbocycles. The molecule has 2 aromatic rings. The van der Waals surface area contributed by atoms with Gasteiger partial charge < -0.3 is 24.4 Å². The van der Waals surface area contributed by atoms with Gasteiger partial charge in [-0.3, -0.25) is 4.79 Å². The van der Waals surface area contributed by atoms with Gasteiger partial charge in [-0.25, -0.2) is 0 Å². The number of methoxy groups -OCH3 is 2. The summed E-state index contributed by atoms with van der Waals surface area (Å²) >= 11 is 4.51. The van der Waals surface area contributed by atoms with Gasteiger partial charge in [0.05, 0.1) is 25.4 Å². The Bertz CT molecular complexity index is 1010. The number of nitrogens with zero attached hydrogens (tertiary/aromatic N) is 2. The van der Waals surface area contributed by atoms with Crippen molar-refractivity contribution in [2.75, 3.05) is 19.1 Å². The molecular weight excluding hydrogens is 402 g/mol. The zero-order chi connectivity index (χ0) is 21.8. The summed E-state index contributed by atoms with van der Waals surface area (Å²) in [6, 6.07) is 14.7. The van der Waals surface area contributed by atoms with Crippen LogP contribution in [0.3, 0.4) is 0 Å². The number of nitrogens with one attached hydrogen (secondary N) is 1. The number of hydrogen-bond acceptors (Lipinski definition) is 7. The SMILES string of the molecule is COc1ccc(N2C(S)=C(C#N)C(=O)NC2c2ccc(OC(C)C)c(OC)c2)cc1. The third kappa shape index (κ3) is 4.16. The highest BCUT2D eigenvalue weighted by atomic mass is 32.1. The maximum absolute atomic E-state index is 12.5. The number of nitriles is 1. The summed E-state index contributed by atoms with van der Waals surface area (Å²) in [7, 11) is 3.15. The second-order valence-corrected chi connectivity index (χ2v) is 7.25. The van der Waals surface area contributed by atoms with Crippen LogP contribution in [-0.2, 0) is 4.79 Å². The van der Waals surface area contributed by atoms with Gasteiger partial charge in [0.1, 0.15) is 23.6 Å². The molecule has 1 atom stereocenters. The Morgan fingerprint density at radius 1 is 1.10 bits per heavy atom. The van der Waals surface area contributed by atoms with Gasteiger partial charge >= 0.3 is 0 Å². The average molecular weight is 426 g/mol. The van der Waals surface area contributed by atoms with Crippen molar-refractivity contribution in [2.45, 2.75) is 26.1 Å². The Morgan fingerprint density at radius 3 is 2.37 bits per heavy atom. The van der Waals surface area contributed by atoms with Crippen molar-refractivity contribution in [3.05, 3.63) is 58.6 Å². The highest BCUT2D eigenvalue weighted by Gasteiger charge is 2.34. The number of thiol groups is 1. The van der Waals surface area contributed by atoms with Crippen molar-refractivity contribution in [1.29, 1.82) is 5.26 Å². The van der Waals surface area contributed by atoms with Crippen molar-refractivity contribution < 1.29 is 19.0 Å². The minimum atomic E-state index is -0.600. The van der Waals surface area contributed by atoms with Crippen molar-refractivity contribution in [3.63, 3.8) is 0 Å². The van der Waals surface area contributed by atoms with E-state index < -0.39 is 12.1 Å². The molecule has 30 heavy (non-hydrogen) atoms. The lowest BCUT2D eigenvalue weighted by atomic mass is 10.1. The van der Waals surface area contributed by atoms with Gasteiger partial charge in [0.25, 0.3) is 5.91 Å². The molecule has 0 bridgehead atoms. The van der Waals surface area contributed by atoms with Gasteiger partial charge in [0.15, 0.2) is 11.5 Å². The van der Waals surface area contributed by atoms with E-state index in [-0.39, 0.29) is 16.7 Å². The maximum atomic E-state index is 12.5. The van der Waals surface area contributed by atoms with Crippen LogP contribution in [-0.4, -0.2) is 26.2 Å². The maximum Gasteiger partial charge on any atom is 0.266 e. The molecule has 1 unspecified atom stereocenters. The zero-order valence-electron chi connectivity index (χ0n) is 17.2. The van der Waals surface area contributed by atoms with Gasteiger partial charge in [-0.05, 0) is 55.8 Å². The fourth-order valence-corrected chi connectivity index (χ4v) is 3.54. The smallest absolute Gasteiger partial charge is 0.266 e. The predicted molar refractivity (Wildman–Crippen MR) is 117 cm³/mol. The molecule has 2 aromatic carbocycles. The van der Waals surface area contributed by atoms with Crippen molar-refractivity contribution in [3.8, 4) is 23.3 Å². The molecule has 0 aliphatic carbocycles. The molecule has 3 rings (SSSR count). The van der Waals surface area contributed by atoms with Gasteiger partial charge in [-0.1, -0.05) is 6.07 Å². The number of benzene rings is 2. The summed E-state index contributed by atoms with van der Waals surface area (Å²) in [5, 5.41) is 12.6. The van der Waals surface area contributed by atoms with E-state index in [1.807, 2.05) is 38.1 Å². The highest BCUT2D eigenvalue weighted by molar-refractivity contribution is 7.84. The Labute approximate surface area is 181 Å². The van der Waals surface area contributed by atoms with Crippen LogP contribution < -0.4 is 24.4 Å². The van der Waals surface area contributed by atoms with Crippen LogP contribution in [0.15, 0.2) is 53.1 Å². The lowest BCUT2D eigenvalue weighted by molar-refractivity contribution is -0.118. The van der Waals surface area contributed by atoms with E-state index in [1.165, 1.54) is 0 Å². The number of carbonyl (C=O) groups is 1. The zero-order valence-corrected chi connectivity index (χ0v) is 18.1. The quantitative estimate of drug-likeness (QED) is 0.685. The van der Waals surface area contributed by atoms with Crippen LogP contribution in [0, 0.1) is 11.3 Å². The molecule has 0 spiro atoms. The first kappa shape index (κ1) is 21.4. The van der Waals surface area contributed by atoms with E-state index in [0.717, 1.165) is 11.3 Å². The Kier molecular flexibility index (Phi) is 6.43. The summed E-state index contributed by atoms with van der Waals surface area (Å²) in [5.41, 5.74) is 1.42. The molecule has 0 fully saturated rings.